The third-order valence-electron chi connectivity index (χ3n) is 5.92. The molecule has 1 atom stereocenters. The molecule has 1 fully saturated rings. The molecule has 5 nitrogen and oxygen atoms in total. The molecule has 0 radical (unpaired) electrons. The number of alkyl halides is 3. The summed E-state index contributed by atoms with van der Waals surface area (Å²) >= 11 is 0. The Morgan fingerprint density at radius 1 is 1.18 bits per heavy atom. The lowest BCUT2D eigenvalue weighted by atomic mass is 9.96. The molecule has 0 bridgehead atoms. The lowest BCUT2D eigenvalue weighted by Crippen LogP contribution is -2.48. The topological polar surface area (TPSA) is 52.6 Å². The number of rotatable bonds is 7. The van der Waals surface area contributed by atoms with Crippen molar-refractivity contribution in [2.75, 3.05) is 26.7 Å². The summed E-state index contributed by atoms with van der Waals surface area (Å²) < 4.78 is 38.8. The summed E-state index contributed by atoms with van der Waals surface area (Å²) in [6.45, 7) is 5.45. The van der Waals surface area contributed by atoms with Gasteiger partial charge in [0.1, 0.15) is 0 Å². The van der Waals surface area contributed by atoms with E-state index < -0.39 is 11.7 Å². The number of likely N-dealkylation sites (tertiary alicyclic amines) is 1. The minimum absolute atomic E-state index is 0. The summed E-state index contributed by atoms with van der Waals surface area (Å²) in [5.41, 5.74) is 1.19. The Bertz CT molecular complexity index is 868. The molecule has 0 amide bonds. The number of nitrogens with one attached hydrogen (secondary N) is 2. The van der Waals surface area contributed by atoms with Crippen LogP contribution in [0.3, 0.4) is 0 Å². The SMILES string of the molecule is CN=C(NCCC(C)c1cccc(C(F)(F)F)c1)NC1CCN(Cc2ccccn2)CC1.I. The number of benzene rings is 1. The quantitative estimate of drug-likeness (QED) is 0.276. The number of nitrogens with zero attached hydrogens (tertiary/aromatic N) is 3. The summed E-state index contributed by atoms with van der Waals surface area (Å²) in [5.74, 6) is 0.752. The van der Waals surface area contributed by atoms with Crippen molar-refractivity contribution in [3.8, 4) is 0 Å². The molecule has 1 aromatic carbocycles. The maximum absolute atomic E-state index is 12.9. The first-order valence-electron chi connectivity index (χ1n) is 11.1. The molecule has 1 unspecified atom stereocenters. The van der Waals surface area contributed by atoms with E-state index in [1.807, 2.05) is 25.3 Å². The van der Waals surface area contributed by atoms with E-state index in [9.17, 15) is 13.2 Å². The Morgan fingerprint density at radius 3 is 2.58 bits per heavy atom. The average Bonchev–Trinajstić information content (AvgIpc) is 2.79. The fourth-order valence-electron chi connectivity index (χ4n) is 3.94. The third-order valence-corrected chi connectivity index (χ3v) is 5.92. The zero-order valence-electron chi connectivity index (χ0n) is 19.1. The van der Waals surface area contributed by atoms with Crippen molar-refractivity contribution in [3.05, 3.63) is 65.5 Å². The second-order valence-corrected chi connectivity index (χ2v) is 8.33. The summed E-state index contributed by atoms with van der Waals surface area (Å²) in [5, 5.41) is 6.79. The molecule has 1 saturated heterocycles. The monoisotopic (exact) mass is 575 g/mol. The van der Waals surface area contributed by atoms with Crippen LogP contribution in [-0.4, -0.2) is 48.6 Å². The van der Waals surface area contributed by atoms with Crippen LogP contribution in [0.5, 0.6) is 0 Å². The fourth-order valence-corrected chi connectivity index (χ4v) is 3.94. The highest BCUT2D eigenvalue weighted by Crippen LogP contribution is 2.31. The summed E-state index contributed by atoms with van der Waals surface area (Å²) in [6.07, 6.45) is 0.271. The number of hydrogen-bond acceptors (Lipinski definition) is 3. The van der Waals surface area contributed by atoms with Gasteiger partial charge in [-0.3, -0.25) is 14.9 Å². The Kier molecular flexibility index (Phi) is 10.9. The summed E-state index contributed by atoms with van der Waals surface area (Å²) in [6, 6.07) is 11.9. The highest BCUT2D eigenvalue weighted by Gasteiger charge is 2.30. The van der Waals surface area contributed by atoms with Gasteiger partial charge in [-0.2, -0.15) is 13.2 Å². The van der Waals surface area contributed by atoms with Crippen LogP contribution in [0, 0.1) is 0 Å². The third kappa shape index (κ3) is 8.77. The van der Waals surface area contributed by atoms with Crippen LogP contribution in [-0.2, 0) is 12.7 Å². The standard InChI is InChI=1S/C24H32F3N5.HI/c1-18(19-6-5-7-20(16-19)24(25,26)27)9-13-30-23(28-2)31-21-10-14-32(15-11-21)17-22-8-3-4-12-29-22;/h3-8,12,16,18,21H,9-11,13-15,17H2,1-2H3,(H2,28,30,31);1H. The van der Waals surface area contributed by atoms with E-state index in [4.69, 9.17) is 0 Å². The van der Waals surface area contributed by atoms with E-state index >= 15 is 0 Å². The molecule has 1 aliphatic heterocycles. The zero-order valence-corrected chi connectivity index (χ0v) is 21.4. The van der Waals surface area contributed by atoms with Crippen molar-refractivity contribution >= 4 is 29.9 Å². The molecule has 0 aliphatic carbocycles. The Balaban J connectivity index is 0.00000385. The molecule has 3 rings (SSSR count). The molecule has 182 valence electrons. The number of piperidine rings is 1. The van der Waals surface area contributed by atoms with Gasteiger partial charge in [0.2, 0.25) is 0 Å². The van der Waals surface area contributed by atoms with Gasteiger partial charge < -0.3 is 10.6 Å². The zero-order chi connectivity index (χ0) is 23.0. The van der Waals surface area contributed by atoms with Crippen LogP contribution in [0.4, 0.5) is 13.2 Å². The molecule has 33 heavy (non-hydrogen) atoms. The first-order chi connectivity index (χ1) is 15.3. The molecular formula is C24H33F3IN5. The minimum Gasteiger partial charge on any atom is -0.356 e. The molecule has 0 spiro atoms. The van der Waals surface area contributed by atoms with Crippen molar-refractivity contribution in [2.24, 2.45) is 4.99 Å². The van der Waals surface area contributed by atoms with Crippen LogP contribution < -0.4 is 10.6 Å². The highest BCUT2D eigenvalue weighted by molar-refractivity contribution is 14.0. The van der Waals surface area contributed by atoms with Crippen molar-refractivity contribution < 1.29 is 13.2 Å². The molecule has 2 aromatic rings. The molecule has 1 aliphatic rings. The smallest absolute Gasteiger partial charge is 0.356 e. The van der Waals surface area contributed by atoms with Gasteiger partial charge >= 0.3 is 6.18 Å². The molecular weight excluding hydrogens is 542 g/mol. The average molecular weight is 575 g/mol. The molecule has 2 N–H and O–H groups in total. The highest BCUT2D eigenvalue weighted by atomic mass is 127. The number of pyridine rings is 1. The molecule has 2 heterocycles. The predicted octanol–water partition coefficient (Wildman–Crippen LogP) is 5.04. The van der Waals surface area contributed by atoms with Gasteiger partial charge in [0.05, 0.1) is 11.3 Å². The van der Waals surface area contributed by atoms with E-state index in [1.54, 1.807) is 13.1 Å². The van der Waals surface area contributed by atoms with Crippen LogP contribution in [0.2, 0.25) is 0 Å². The van der Waals surface area contributed by atoms with E-state index in [-0.39, 0.29) is 29.9 Å². The van der Waals surface area contributed by atoms with Crippen LogP contribution in [0.15, 0.2) is 53.7 Å². The Hall–Kier alpha value is -1.88. The fraction of sp³-hybridized carbons (Fsp3) is 0.500. The van der Waals surface area contributed by atoms with E-state index in [2.05, 4.69) is 31.6 Å². The van der Waals surface area contributed by atoms with Gasteiger partial charge in [-0.05, 0) is 48.9 Å². The normalized spacial score (nSPS) is 16.7. The summed E-state index contributed by atoms with van der Waals surface area (Å²) in [4.78, 5) is 11.1. The number of hydrogen-bond donors (Lipinski definition) is 2. The van der Waals surface area contributed by atoms with Gasteiger partial charge in [-0.1, -0.05) is 31.2 Å². The number of aliphatic imine (C=N–C) groups is 1. The lowest BCUT2D eigenvalue weighted by Gasteiger charge is -2.32. The van der Waals surface area contributed by atoms with Crippen molar-refractivity contribution in [1.82, 2.24) is 20.5 Å². The van der Waals surface area contributed by atoms with E-state index in [1.165, 1.54) is 12.1 Å². The molecule has 0 saturated carbocycles. The van der Waals surface area contributed by atoms with Gasteiger partial charge in [0, 0.05) is 45.5 Å². The first kappa shape index (κ1) is 27.4. The van der Waals surface area contributed by atoms with E-state index in [0.29, 0.717) is 24.6 Å². The van der Waals surface area contributed by atoms with Gasteiger partial charge in [-0.15, -0.1) is 24.0 Å². The maximum Gasteiger partial charge on any atom is 0.416 e. The number of halogens is 4. The minimum atomic E-state index is -4.31. The van der Waals surface area contributed by atoms with Crippen molar-refractivity contribution in [1.29, 1.82) is 0 Å². The van der Waals surface area contributed by atoms with E-state index in [0.717, 1.165) is 50.2 Å². The van der Waals surface area contributed by atoms with Crippen molar-refractivity contribution in [3.63, 3.8) is 0 Å². The van der Waals surface area contributed by atoms with Gasteiger partial charge in [0.15, 0.2) is 5.96 Å². The van der Waals surface area contributed by atoms with Crippen molar-refractivity contribution in [2.45, 2.75) is 50.9 Å². The Morgan fingerprint density at radius 2 is 1.94 bits per heavy atom. The maximum atomic E-state index is 12.9. The summed E-state index contributed by atoms with van der Waals surface area (Å²) in [7, 11) is 1.74. The molecule has 1 aromatic heterocycles. The van der Waals surface area contributed by atoms with Gasteiger partial charge in [0.25, 0.3) is 0 Å². The lowest BCUT2D eigenvalue weighted by molar-refractivity contribution is -0.137. The largest absolute Gasteiger partial charge is 0.416 e. The van der Waals surface area contributed by atoms with Gasteiger partial charge in [-0.25, -0.2) is 0 Å². The predicted molar refractivity (Wildman–Crippen MR) is 137 cm³/mol. The van der Waals surface area contributed by atoms with Crippen LogP contribution in [0.25, 0.3) is 0 Å². The first-order valence-corrected chi connectivity index (χ1v) is 11.1. The second kappa shape index (κ2) is 13.1. The van der Waals surface area contributed by atoms with Crippen LogP contribution >= 0.6 is 24.0 Å². The second-order valence-electron chi connectivity index (χ2n) is 8.33. The molecule has 9 heteroatoms. The van der Waals surface area contributed by atoms with Crippen LogP contribution in [0.1, 0.15) is 48.9 Å². The number of guanidine groups is 1. The number of aromatic nitrogens is 1. The Labute approximate surface area is 211 Å².